The lowest BCUT2D eigenvalue weighted by Gasteiger charge is -2.29. The molecule has 1 aliphatic heterocycles. The second kappa shape index (κ2) is 7.34. The fourth-order valence-corrected chi connectivity index (χ4v) is 4.58. The number of hydrogen-bond donors (Lipinski definition) is 1. The van der Waals surface area contributed by atoms with Crippen LogP contribution in [0.2, 0.25) is 0 Å². The summed E-state index contributed by atoms with van der Waals surface area (Å²) in [5.74, 6) is 0.0257. The van der Waals surface area contributed by atoms with Crippen molar-refractivity contribution in [1.82, 2.24) is 5.32 Å². The average molecular weight is 338 g/mol. The van der Waals surface area contributed by atoms with Gasteiger partial charge in [0.15, 0.2) is 0 Å². The van der Waals surface area contributed by atoms with Gasteiger partial charge in [0.1, 0.15) is 0 Å². The van der Waals surface area contributed by atoms with Crippen molar-refractivity contribution >= 4 is 21.6 Å². The van der Waals surface area contributed by atoms with E-state index >= 15 is 0 Å². The highest BCUT2D eigenvalue weighted by atomic mass is 32.2. The Balaban J connectivity index is 2.27. The normalized spacial score (nSPS) is 18.5. The number of sulfonamides is 1. The molecule has 6 heteroatoms. The highest BCUT2D eigenvalue weighted by Crippen LogP contribution is 2.28. The maximum absolute atomic E-state index is 12.4. The van der Waals surface area contributed by atoms with Gasteiger partial charge in [0.2, 0.25) is 10.0 Å². The molecule has 1 heterocycles. The molecule has 1 saturated heterocycles. The van der Waals surface area contributed by atoms with E-state index in [1.165, 1.54) is 4.31 Å². The fourth-order valence-electron chi connectivity index (χ4n) is 2.89. The number of hydrogen-bond acceptors (Lipinski definition) is 3. The van der Waals surface area contributed by atoms with Gasteiger partial charge in [-0.1, -0.05) is 19.4 Å². The van der Waals surface area contributed by atoms with E-state index in [1.807, 2.05) is 19.9 Å². The van der Waals surface area contributed by atoms with Crippen LogP contribution in [0.1, 0.15) is 55.5 Å². The molecule has 1 N–H and O–H groups in total. The smallest absolute Gasteiger partial charge is 0.251 e. The minimum atomic E-state index is -3.27. The SMILES string of the molecule is CCC[C@@H](C)NC(=O)c1ccc(C)c(N2CCCCS2(=O)=O)c1. The summed E-state index contributed by atoms with van der Waals surface area (Å²) in [6.45, 7) is 6.42. The Labute approximate surface area is 139 Å². The summed E-state index contributed by atoms with van der Waals surface area (Å²) in [6.07, 6.45) is 3.48. The summed E-state index contributed by atoms with van der Waals surface area (Å²) < 4.78 is 26.1. The van der Waals surface area contributed by atoms with Gasteiger partial charge < -0.3 is 5.32 Å². The number of carbonyl (C=O) groups is 1. The zero-order chi connectivity index (χ0) is 17.0. The van der Waals surface area contributed by atoms with Crippen molar-refractivity contribution < 1.29 is 13.2 Å². The third-order valence-corrected chi connectivity index (χ3v) is 6.04. The van der Waals surface area contributed by atoms with E-state index in [9.17, 15) is 13.2 Å². The van der Waals surface area contributed by atoms with Crippen molar-refractivity contribution in [2.24, 2.45) is 0 Å². The summed E-state index contributed by atoms with van der Waals surface area (Å²) in [5.41, 5.74) is 2.00. The van der Waals surface area contributed by atoms with Crippen LogP contribution in [-0.2, 0) is 10.0 Å². The number of nitrogens with one attached hydrogen (secondary N) is 1. The van der Waals surface area contributed by atoms with E-state index in [0.717, 1.165) is 24.8 Å². The molecule has 0 radical (unpaired) electrons. The third-order valence-electron chi connectivity index (χ3n) is 4.19. The highest BCUT2D eigenvalue weighted by Gasteiger charge is 2.27. The molecule has 23 heavy (non-hydrogen) atoms. The molecule has 1 aliphatic rings. The van der Waals surface area contributed by atoms with Gasteiger partial charge in [-0.3, -0.25) is 9.10 Å². The molecule has 2 rings (SSSR count). The number of amides is 1. The van der Waals surface area contributed by atoms with Crippen LogP contribution in [0.15, 0.2) is 18.2 Å². The van der Waals surface area contributed by atoms with Gasteiger partial charge >= 0.3 is 0 Å². The van der Waals surface area contributed by atoms with Gasteiger partial charge in [0, 0.05) is 18.2 Å². The maximum Gasteiger partial charge on any atom is 0.251 e. The van der Waals surface area contributed by atoms with Gasteiger partial charge in [0.05, 0.1) is 11.4 Å². The first-order valence-electron chi connectivity index (χ1n) is 8.27. The minimum Gasteiger partial charge on any atom is -0.350 e. The van der Waals surface area contributed by atoms with E-state index in [1.54, 1.807) is 12.1 Å². The molecule has 1 amide bonds. The Morgan fingerprint density at radius 3 is 2.74 bits per heavy atom. The Bertz CT molecular complexity index is 670. The first-order chi connectivity index (χ1) is 10.8. The molecule has 1 aromatic carbocycles. The zero-order valence-corrected chi connectivity index (χ0v) is 14.9. The summed E-state index contributed by atoms with van der Waals surface area (Å²) >= 11 is 0. The molecule has 1 atom stereocenters. The quantitative estimate of drug-likeness (QED) is 0.898. The lowest BCUT2D eigenvalue weighted by molar-refractivity contribution is 0.0938. The van der Waals surface area contributed by atoms with Crippen LogP contribution in [-0.4, -0.2) is 32.7 Å². The topological polar surface area (TPSA) is 66.5 Å². The van der Waals surface area contributed by atoms with Crippen LogP contribution in [0.5, 0.6) is 0 Å². The average Bonchev–Trinajstić information content (AvgIpc) is 2.48. The van der Waals surface area contributed by atoms with Crippen LogP contribution >= 0.6 is 0 Å². The van der Waals surface area contributed by atoms with Crippen LogP contribution in [0.3, 0.4) is 0 Å². The number of carbonyl (C=O) groups excluding carboxylic acids is 1. The predicted octanol–water partition coefficient (Wildman–Crippen LogP) is 2.84. The number of aryl methyl sites for hydroxylation is 1. The van der Waals surface area contributed by atoms with E-state index in [-0.39, 0.29) is 17.7 Å². The van der Waals surface area contributed by atoms with E-state index in [0.29, 0.717) is 24.2 Å². The molecule has 0 bridgehead atoms. The van der Waals surface area contributed by atoms with Crippen molar-refractivity contribution in [3.63, 3.8) is 0 Å². The number of benzene rings is 1. The van der Waals surface area contributed by atoms with E-state index < -0.39 is 10.0 Å². The molecule has 1 aromatic rings. The zero-order valence-electron chi connectivity index (χ0n) is 14.1. The van der Waals surface area contributed by atoms with Gasteiger partial charge in [0.25, 0.3) is 5.91 Å². The summed E-state index contributed by atoms with van der Waals surface area (Å²) in [7, 11) is -3.27. The van der Waals surface area contributed by atoms with E-state index in [4.69, 9.17) is 0 Å². The number of nitrogens with zero attached hydrogens (tertiary/aromatic N) is 1. The third kappa shape index (κ3) is 4.25. The van der Waals surface area contributed by atoms with Crippen molar-refractivity contribution in [1.29, 1.82) is 0 Å². The molecule has 5 nitrogen and oxygen atoms in total. The lowest BCUT2D eigenvalue weighted by Crippen LogP contribution is -2.38. The van der Waals surface area contributed by atoms with Crippen molar-refractivity contribution in [2.45, 2.75) is 52.5 Å². The van der Waals surface area contributed by atoms with Gasteiger partial charge in [-0.05, 0) is 50.8 Å². The first-order valence-corrected chi connectivity index (χ1v) is 9.88. The molecular formula is C17H26N2O3S. The molecule has 0 aromatic heterocycles. The molecule has 0 aliphatic carbocycles. The van der Waals surface area contributed by atoms with Gasteiger partial charge in [-0.25, -0.2) is 8.42 Å². The lowest BCUT2D eigenvalue weighted by atomic mass is 10.1. The largest absolute Gasteiger partial charge is 0.350 e. The molecule has 0 saturated carbocycles. The predicted molar refractivity (Wildman–Crippen MR) is 93.4 cm³/mol. The maximum atomic E-state index is 12.4. The summed E-state index contributed by atoms with van der Waals surface area (Å²) in [6, 6.07) is 5.38. The van der Waals surface area contributed by atoms with E-state index in [2.05, 4.69) is 12.2 Å². The number of rotatable bonds is 5. The minimum absolute atomic E-state index is 0.107. The van der Waals surface area contributed by atoms with Crippen LogP contribution < -0.4 is 9.62 Å². The Kier molecular flexibility index (Phi) is 5.68. The second-order valence-corrected chi connectivity index (χ2v) is 8.27. The Morgan fingerprint density at radius 1 is 1.35 bits per heavy atom. The molecule has 0 spiro atoms. The number of anilines is 1. The Hall–Kier alpha value is -1.56. The second-order valence-electron chi connectivity index (χ2n) is 6.26. The van der Waals surface area contributed by atoms with Crippen molar-refractivity contribution in [3.8, 4) is 0 Å². The monoisotopic (exact) mass is 338 g/mol. The summed E-state index contributed by atoms with van der Waals surface area (Å²) in [4.78, 5) is 12.4. The highest BCUT2D eigenvalue weighted by molar-refractivity contribution is 7.92. The van der Waals surface area contributed by atoms with Gasteiger partial charge in [-0.15, -0.1) is 0 Å². The Morgan fingerprint density at radius 2 is 2.09 bits per heavy atom. The standard InChI is InChI=1S/C17H26N2O3S/c1-4-7-14(3)18-17(20)15-9-8-13(2)16(12-15)19-10-5-6-11-23(19,21)22/h8-9,12,14H,4-7,10-11H2,1-3H3,(H,18,20)/t14-/m1/s1. The first kappa shape index (κ1) is 17.8. The molecule has 128 valence electrons. The molecule has 0 unspecified atom stereocenters. The summed E-state index contributed by atoms with van der Waals surface area (Å²) in [5, 5.41) is 2.96. The van der Waals surface area contributed by atoms with Gasteiger partial charge in [-0.2, -0.15) is 0 Å². The van der Waals surface area contributed by atoms with Crippen molar-refractivity contribution in [2.75, 3.05) is 16.6 Å². The molecule has 1 fully saturated rings. The molecular weight excluding hydrogens is 312 g/mol. The van der Waals surface area contributed by atoms with Crippen molar-refractivity contribution in [3.05, 3.63) is 29.3 Å². The van der Waals surface area contributed by atoms with Crippen LogP contribution in [0, 0.1) is 6.92 Å². The van der Waals surface area contributed by atoms with Crippen LogP contribution in [0.4, 0.5) is 5.69 Å². The fraction of sp³-hybridized carbons (Fsp3) is 0.588. The van der Waals surface area contributed by atoms with Crippen LogP contribution in [0.25, 0.3) is 0 Å².